The summed E-state index contributed by atoms with van der Waals surface area (Å²) < 4.78 is 0. The standard InChI is InChI=1S/C15H12ClNO2S/c16-13-3-4-14(12(9-13)2-1-6-18)17-15(19)8-11-5-7-20-10-11/h3-5,7,9-10,18H,6,8H2,(H,17,19). The first kappa shape index (κ1) is 14.6. The van der Waals surface area contributed by atoms with Crippen LogP contribution in [0.4, 0.5) is 5.69 Å². The maximum Gasteiger partial charge on any atom is 0.228 e. The molecule has 0 saturated carbocycles. The van der Waals surface area contributed by atoms with Crippen molar-refractivity contribution in [2.24, 2.45) is 0 Å². The molecule has 0 spiro atoms. The number of rotatable bonds is 3. The van der Waals surface area contributed by atoms with Gasteiger partial charge in [0.2, 0.25) is 5.91 Å². The number of anilines is 1. The van der Waals surface area contributed by atoms with E-state index in [4.69, 9.17) is 16.7 Å². The van der Waals surface area contributed by atoms with Crippen molar-refractivity contribution >= 4 is 34.5 Å². The number of aliphatic hydroxyl groups is 1. The molecule has 2 N–H and O–H groups in total. The Hall–Kier alpha value is -1.80. The highest BCUT2D eigenvalue weighted by Gasteiger charge is 2.07. The number of carbonyl (C=O) groups is 1. The van der Waals surface area contributed by atoms with Crippen molar-refractivity contribution < 1.29 is 9.90 Å². The van der Waals surface area contributed by atoms with E-state index in [9.17, 15) is 4.79 Å². The van der Waals surface area contributed by atoms with Gasteiger partial charge in [0.25, 0.3) is 0 Å². The van der Waals surface area contributed by atoms with Gasteiger partial charge in [-0.25, -0.2) is 0 Å². The zero-order valence-electron chi connectivity index (χ0n) is 10.5. The van der Waals surface area contributed by atoms with Crippen LogP contribution in [-0.2, 0) is 11.2 Å². The Kier molecular flexibility index (Phi) is 5.19. The summed E-state index contributed by atoms with van der Waals surface area (Å²) in [4.78, 5) is 12.0. The molecule has 102 valence electrons. The molecule has 3 nitrogen and oxygen atoms in total. The van der Waals surface area contributed by atoms with Crippen molar-refractivity contribution in [3.8, 4) is 11.8 Å². The number of amides is 1. The third-order valence-corrected chi connectivity index (χ3v) is 3.47. The van der Waals surface area contributed by atoms with Crippen LogP contribution in [0.2, 0.25) is 5.02 Å². The fourth-order valence-corrected chi connectivity index (χ4v) is 2.48. The molecule has 1 amide bonds. The van der Waals surface area contributed by atoms with Crippen LogP contribution in [0, 0.1) is 11.8 Å². The lowest BCUT2D eigenvalue weighted by Crippen LogP contribution is -2.14. The lowest BCUT2D eigenvalue weighted by Gasteiger charge is -2.07. The molecule has 2 rings (SSSR count). The van der Waals surface area contributed by atoms with E-state index < -0.39 is 0 Å². The van der Waals surface area contributed by atoms with Crippen LogP contribution < -0.4 is 5.32 Å². The van der Waals surface area contributed by atoms with Crippen molar-refractivity contribution in [1.29, 1.82) is 0 Å². The van der Waals surface area contributed by atoms with Crippen LogP contribution >= 0.6 is 22.9 Å². The van der Waals surface area contributed by atoms with Gasteiger partial charge in [0, 0.05) is 10.6 Å². The number of thiophene rings is 1. The van der Waals surface area contributed by atoms with Gasteiger partial charge in [0.15, 0.2) is 0 Å². The molecular weight excluding hydrogens is 294 g/mol. The maximum atomic E-state index is 12.0. The van der Waals surface area contributed by atoms with E-state index in [0.29, 0.717) is 22.7 Å². The van der Waals surface area contributed by atoms with Gasteiger partial charge in [-0.05, 0) is 40.6 Å². The molecule has 0 aliphatic rings. The molecule has 2 aromatic rings. The Bertz CT molecular complexity index is 656. The molecule has 0 fully saturated rings. The predicted octanol–water partition coefficient (Wildman–Crippen LogP) is 2.93. The van der Waals surface area contributed by atoms with E-state index in [1.807, 2.05) is 16.8 Å². The first-order valence-electron chi connectivity index (χ1n) is 5.89. The molecule has 0 radical (unpaired) electrons. The van der Waals surface area contributed by atoms with Crippen LogP contribution in [-0.4, -0.2) is 17.6 Å². The second-order valence-electron chi connectivity index (χ2n) is 4.01. The van der Waals surface area contributed by atoms with Gasteiger partial charge in [-0.1, -0.05) is 23.4 Å². The summed E-state index contributed by atoms with van der Waals surface area (Å²) >= 11 is 7.46. The van der Waals surface area contributed by atoms with E-state index in [-0.39, 0.29) is 12.5 Å². The Morgan fingerprint density at radius 3 is 2.95 bits per heavy atom. The normalized spacial score (nSPS) is 9.70. The predicted molar refractivity (Wildman–Crippen MR) is 82.1 cm³/mol. The van der Waals surface area contributed by atoms with Crippen LogP contribution in [0.1, 0.15) is 11.1 Å². The number of benzene rings is 1. The summed E-state index contributed by atoms with van der Waals surface area (Å²) in [7, 11) is 0. The zero-order valence-corrected chi connectivity index (χ0v) is 12.1. The van der Waals surface area contributed by atoms with E-state index in [1.165, 1.54) is 0 Å². The van der Waals surface area contributed by atoms with Gasteiger partial charge < -0.3 is 10.4 Å². The monoisotopic (exact) mass is 305 g/mol. The molecule has 0 atom stereocenters. The minimum Gasteiger partial charge on any atom is -0.384 e. The lowest BCUT2D eigenvalue weighted by atomic mass is 10.1. The fraction of sp³-hybridized carbons (Fsp3) is 0.133. The molecule has 0 aliphatic heterocycles. The molecule has 0 aliphatic carbocycles. The topological polar surface area (TPSA) is 49.3 Å². The Labute approximate surface area is 126 Å². The molecule has 1 heterocycles. The highest BCUT2D eigenvalue weighted by Crippen LogP contribution is 2.20. The maximum absolute atomic E-state index is 12.0. The van der Waals surface area contributed by atoms with Gasteiger partial charge in [0.1, 0.15) is 6.61 Å². The quantitative estimate of drug-likeness (QED) is 0.857. The molecule has 1 aromatic carbocycles. The van der Waals surface area contributed by atoms with Gasteiger partial charge in [0.05, 0.1) is 12.1 Å². The minimum absolute atomic E-state index is 0.113. The number of halogens is 1. The molecular formula is C15H12ClNO2S. The minimum atomic E-state index is -0.241. The molecule has 0 bridgehead atoms. The van der Waals surface area contributed by atoms with Crippen LogP contribution in [0.5, 0.6) is 0 Å². The highest BCUT2D eigenvalue weighted by molar-refractivity contribution is 7.08. The third-order valence-electron chi connectivity index (χ3n) is 2.50. The summed E-state index contributed by atoms with van der Waals surface area (Å²) in [6.45, 7) is -0.241. The average Bonchev–Trinajstić information content (AvgIpc) is 2.91. The summed E-state index contributed by atoms with van der Waals surface area (Å²) in [5.41, 5.74) is 2.16. The SMILES string of the molecule is O=C(Cc1ccsc1)Nc1ccc(Cl)cc1C#CCO. The van der Waals surface area contributed by atoms with E-state index in [1.54, 1.807) is 29.5 Å². The van der Waals surface area contributed by atoms with Gasteiger partial charge in [-0.3, -0.25) is 4.79 Å². The van der Waals surface area contributed by atoms with E-state index in [2.05, 4.69) is 17.2 Å². The van der Waals surface area contributed by atoms with Crippen LogP contribution in [0.15, 0.2) is 35.0 Å². The van der Waals surface area contributed by atoms with E-state index in [0.717, 1.165) is 5.56 Å². The van der Waals surface area contributed by atoms with Crippen molar-refractivity contribution in [3.05, 3.63) is 51.2 Å². The molecule has 0 saturated heterocycles. The van der Waals surface area contributed by atoms with Gasteiger partial charge in [-0.2, -0.15) is 11.3 Å². The molecule has 5 heteroatoms. The lowest BCUT2D eigenvalue weighted by molar-refractivity contribution is -0.115. The van der Waals surface area contributed by atoms with Crippen LogP contribution in [0.25, 0.3) is 0 Å². The summed E-state index contributed by atoms with van der Waals surface area (Å²) in [6, 6.07) is 6.96. The number of hydrogen-bond donors (Lipinski definition) is 2. The number of hydrogen-bond acceptors (Lipinski definition) is 3. The Morgan fingerprint density at radius 1 is 1.40 bits per heavy atom. The third kappa shape index (κ3) is 4.10. The second-order valence-corrected chi connectivity index (χ2v) is 5.22. The number of nitrogens with one attached hydrogen (secondary N) is 1. The average molecular weight is 306 g/mol. The summed E-state index contributed by atoms with van der Waals surface area (Å²) in [6.07, 6.45) is 0.318. The number of carbonyl (C=O) groups excluding carboxylic acids is 1. The first-order valence-corrected chi connectivity index (χ1v) is 7.21. The van der Waals surface area contributed by atoms with E-state index >= 15 is 0 Å². The van der Waals surface area contributed by atoms with Crippen molar-refractivity contribution in [3.63, 3.8) is 0 Å². The first-order chi connectivity index (χ1) is 9.69. The van der Waals surface area contributed by atoms with Gasteiger partial charge in [-0.15, -0.1) is 0 Å². The van der Waals surface area contributed by atoms with Crippen molar-refractivity contribution in [1.82, 2.24) is 0 Å². The second kappa shape index (κ2) is 7.11. The van der Waals surface area contributed by atoms with Crippen molar-refractivity contribution in [2.45, 2.75) is 6.42 Å². The smallest absolute Gasteiger partial charge is 0.228 e. The summed E-state index contributed by atoms with van der Waals surface area (Å²) in [5, 5.41) is 16.0. The van der Waals surface area contributed by atoms with Crippen molar-refractivity contribution in [2.75, 3.05) is 11.9 Å². The Balaban J connectivity index is 2.14. The molecule has 0 unspecified atom stereocenters. The number of aliphatic hydroxyl groups excluding tert-OH is 1. The van der Waals surface area contributed by atoms with Crippen LogP contribution in [0.3, 0.4) is 0 Å². The largest absolute Gasteiger partial charge is 0.384 e. The Morgan fingerprint density at radius 2 is 2.25 bits per heavy atom. The highest BCUT2D eigenvalue weighted by atomic mass is 35.5. The fourth-order valence-electron chi connectivity index (χ4n) is 1.64. The zero-order chi connectivity index (χ0) is 14.4. The summed E-state index contributed by atoms with van der Waals surface area (Å²) in [5.74, 6) is 5.21. The molecule has 20 heavy (non-hydrogen) atoms. The van der Waals surface area contributed by atoms with Gasteiger partial charge >= 0.3 is 0 Å². The molecule has 1 aromatic heterocycles.